The Bertz CT molecular complexity index is 148. The molecule has 0 atom stereocenters. The Balaban J connectivity index is 3.43. The van der Waals surface area contributed by atoms with E-state index in [2.05, 4.69) is 18.8 Å². The van der Waals surface area contributed by atoms with Crippen molar-refractivity contribution in [2.24, 2.45) is 0 Å². The summed E-state index contributed by atoms with van der Waals surface area (Å²) >= 11 is 0. The number of carbonyl (C=O) groups is 1. The molecule has 0 amide bonds. The zero-order valence-electron chi connectivity index (χ0n) is 6.74. The standard InChI is InChI=1S/C9H14O/c1-3-5-7-9(10)8-6-4-2/h3-5,7H2,1-2H3. The van der Waals surface area contributed by atoms with Crippen molar-refractivity contribution in [3.63, 3.8) is 0 Å². The van der Waals surface area contributed by atoms with Crippen LogP contribution in [0.1, 0.15) is 39.5 Å². The highest BCUT2D eigenvalue weighted by Crippen LogP contribution is 1.93. The van der Waals surface area contributed by atoms with E-state index in [1.165, 1.54) is 0 Å². The Hall–Kier alpha value is -0.770. The summed E-state index contributed by atoms with van der Waals surface area (Å²) in [6.45, 7) is 4.01. The third-order valence-corrected chi connectivity index (χ3v) is 1.16. The van der Waals surface area contributed by atoms with Crippen LogP contribution in [0.4, 0.5) is 0 Å². The summed E-state index contributed by atoms with van der Waals surface area (Å²) in [6.07, 6.45) is 3.44. The minimum absolute atomic E-state index is 0.0868. The molecule has 0 saturated carbocycles. The van der Waals surface area contributed by atoms with Crippen molar-refractivity contribution in [2.45, 2.75) is 39.5 Å². The van der Waals surface area contributed by atoms with Crippen molar-refractivity contribution in [2.75, 3.05) is 0 Å². The van der Waals surface area contributed by atoms with Crippen LogP contribution in [0.15, 0.2) is 0 Å². The fraction of sp³-hybridized carbons (Fsp3) is 0.667. The first kappa shape index (κ1) is 9.23. The van der Waals surface area contributed by atoms with Crippen LogP contribution in [0.2, 0.25) is 0 Å². The maximum atomic E-state index is 10.8. The van der Waals surface area contributed by atoms with E-state index in [-0.39, 0.29) is 5.78 Å². The van der Waals surface area contributed by atoms with E-state index >= 15 is 0 Å². The molecule has 10 heavy (non-hydrogen) atoms. The largest absolute Gasteiger partial charge is 0.285 e. The molecule has 0 rings (SSSR count). The first-order valence-corrected chi connectivity index (χ1v) is 3.83. The molecule has 1 nitrogen and oxygen atoms in total. The fourth-order valence-electron chi connectivity index (χ4n) is 0.587. The summed E-state index contributed by atoms with van der Waals surface area (Å²) < 4.78 is 0. The molecule has 0 saturated heterocycles. The number of Topliss-reactive ketones (excluding diaryl/α,β-unsaturated/α-hetero) is 1. The number of rotatable bonds is 3. The van der Waals surface area contributed by atoms with Gasteiger partial charge in [-0.3, -0.25) is 4.79 Å². The summed E-state index contributed by atoms with van der Waals surface area (Å²) in [7, 11) is 0. The Labute approximate surface area is 62.8 Å². The van der Waals surface area contributed by atoms with Gasteiger partial charge in [-0.1, -0.05) is 26.2 Å². The van der Waals surface area contributed by atoms with Crippen LogP contribution in [0, 0.1) is 11.8 Å². The van der Waals surface area contributed by atoms with Crippen LogP contribution in [-0.2, 0) is 4.79 Å². The molecule has 56 valence electrons. The molecule has 0 aliphatic heterocycles. The van der Waals surface area contributed by atoms with Crippen molar-refractivity contribution in [1.29, 1.82) is 0 Å². The summed E-state index contributed by atoms with van der Waals surface area (Å²) in [6, 6.07) is 0. The molecule has 0 unspecified atom stereocenters. The second kappa shape index (κ2) is 6.35. The first-order valence-electron chi connectivity index (χ1n) is 3.83. The molecule has 1 heteroatoms. The molecule has 0 aromatic rings. The number of carbonyl (C=O) groups excluding carboxylic acids is 1. The van der Waals surface area contributed by atoms with Crippen LogP contribution < -0.4 is 0 Å². The highest BCUT2D eigenvalue weighted by atomic mass is 16.1. The van der Waals surface area contributed by atoms with Crippen LogP contribution in [0.3, 0.4) is 0 Å². The van der Waals surface area contributed by atoms with E-state index in [4.69, 9.17) is 0 Å². The quantitative estimate of drug-likeness (QED) is 0.431. The molecule has 0 aromatic carbocycles. The molecule has 0 aromatic heterocycles. The van der Waals surface area contributed by atoms with Gasteiger partial charge in [-0.25, -0.2) is 0 Å². The summed E-state index contributed by atoms with van der Waals surface area (Å²) in [5.74, 6) is 5.42. The Kier molecular flexibility index (Phi) is 5.86. The van der Waals surface area contributed by atoms with Crippen molar-refractivity contribution in [1.82, 2.24) is 0 Å². The lowest BCUT2D eigenvalue weighted by Crippen LogP contribution is -1.91. The molecule has 0 aliphatic carbocycles. The number of unbranched alkanes of at least 4 members (excludes halogenated alkanes) is 1. The zero-order valence-corrected chi connectivity index (χ0v) is 6.74. The van der Waals surface area contributed by atoms with Gasteiger partial charge in [0.1, 0.15) is 0 Å². The summed E-state index contributed by atoms with van der Waals surface area (Å²) in [4.78, 5) is 10.8. The topological polar surface area (TPSA) is 17.1 Å². The molecule has 0 spiro atoms. The second-order valence-electron chi connectivity index (χ2n) is 2.18. The monoisotopic (exact) mass is 138 g/mol. The smallest absolute Gasteiger partial charge is 0.205 e. The van der Waals surface area contributed by atoms with E-state index in [1.54, 1.807) is 0 Å². The fourth-order valence-corrected chi connectivity index (χ4v) is 0.587. The van der Waals surface area contributed by atoms with Gasteiger partial charge in [-0.05, 0) is 12.3 Å². The van der Waals surface area contributed by atoms with Crippen LogP contribution >= 0.6 is 0 Å². The van der Waals surface area contributed by atoms with Gasteiger partial charge in [-0.2, -0.15) is 0 Å². The van der Waals surface area contributed by atoms with Gasteiger partial charge in [0.25, 0.3) is 0 Å². The lowest BCUT2D eigenvalue weighted by molar-refractivity contribution is -0.113. The first-order chi connectivity index (χ1) is 4.81. The predicted octanol–water partition coefficient (Wildman–Crippen LogP) is 2.16. The van der Waals surface area contributed by atoms with E-state index in [0.29, 0.717) is 6.42 Å². The highest BCUT2D eigenvalue weighted by molar-refractivity contribution is 5.95. The van der Waals surface area contributed by atoms with Crippen molar-refractivity contribution in [3.05, 3.63) is 0 Å². The zero-order chi connectivity index (χ0) is 7.82. The van der Waals surface area contributed by atoms with Gasteiger partial charge in [0.05, 0.1) is 0 Å². The molecule has 0 heterocycles. The molecule has 0 radical (unpaired) electrons. The Morgan fingerprint density at radius 1 is 1.40 bits per heavy atom. The van der Waals surface area contributed by atoms with Gasteiger partial charge in [0, 0.05) is 12.8 Å². The molecule has 0 N–H and O–H groups in total. The van der Waals surface area contributed by atoms with Crippen molar-refractivity contribution >= 4 is 5.78 Å². The molecule has 0 bridgehead atoms. The Morgan fingerprint density at radius 2 is 2.10 bits per heavy atom. The van der Waals surface area contributed by atoms with E-state index < -0.39 is 0 Å². The van der Waals surface area contributed by atoms with E-state index in [1.807, 2.05) is 6.92 Å². The molecule has 0 fully saturated rings. The van der Waals surface area contributed by atoms with E-state index in [0.717, 1.165) is 19.3 Å². The summed E-state index contributed by atoms with van der Waals surface area (Å²) in [5, 5.41) is 0. The average molecular weight is 138 g/mol. The molecular formula is C9H14O. The van der Waals surface area contributed by atoms with Crippen LogP contribution in [0.5, 0.6) is 0 Å². The average Bonchev–Trinajstić information content (AvgIpc) is 1.97. The van der Waals surface area contributed by atoms with Gasteiger partial charge in [-0.15, -0.1) is 0 Å². The minimum Gasteiger partial charge on any atom is -0.285 e. The van der Waals surface area contributed by atoms with Crippen molar-refractivity contribution in [3.8, 4) is 11.8 Å². The highest BCUT2D eigenvalue weighted by Gasteiger charge is 1.92. The lowest BCUT2D eigenvalue weighted by atomic mass is 10.2. The molecular weight excluding hydrogens is 124 g/mol. The third-order valence-electron chi connectivity index (χ3n) is 1.16. The second-order valence-corrected chi connectivity index (χ2v) is 2.18. The maximum Gasteiger partial charge on any atom is 0.205 e. The van der Waals surface area contributed by atoms with Crippen LogP contribution in [-0.4, -0.2) is 5.78 Å². The lowest BCUT2D eigenvalue weighted by Gasteiger charge is -1.87. The number of ketones is 1. The SMILES string of the molecule is CCC#CC(=O)CCCC. The van der Waals surface area contributed by atoms with Gasteiger partial charge in [0.2, 0.25) is 5.78 Å². The normalized spacial score (nSPS) is 8.20. The van der Waals surface area contributed by atoms with Crippen molar-refractivity contribution < 1.29 is 4.79 Å². The third kappa shape index (κ3) is 5.37. The predicted molar refractivity (Wildman–Crippen MR) is 42.6 cm³/mol. The van der Waals surface area contributed by atoms with Gasteiger partial charge in [0.15, 0.2) is 0 Å². The van der Waals surface area contributed by atoms with E-state index in [9.17, 15) is 4.79 Å². The van der Waals surface area contributed by atoms with Gasteiger partial charge < -0.3 is 0 Å². The minimum atomic E-state index is 0.0868. The number of hydrogen-bond acceptors (Lipinski definition) is 1. The van der Waals surface area contributed by atoms with Crippen LogP contribution in [0.25, 0.3) is 0 Å². The maximum absolute atomic E-state index is 10.8. The van der Waals surface area contributed by atoms with Gasteiger partial charge >= 0.3 is 0 Å². The molecule has 0 aliphatic rings. The Morgan fingerprint density at radius 3 is 2.60 bits per heavy atom. The number of hydrogen-bond donors (Lipinski definition) is 0. The summed E-state index contributed by atoms with van der Waals surface area (Å²) in [5.41, 5.74) is 0.